The van der Waals surface area contributed by atoms with Gasteiger partial charge in [-0.05, 0) is 0 Å². The molecule has 1 aliphatic heterocycles. The van der Waals surface area contributed by atoms with Crippen molar-refractivity contribution in [3.05, 3.63) is 0 Å². The maximum Gasteiger partial charge on any atom is 0.183 e. The van der Waals surface area contributed by atoms with E-state index >= 15 is 0 Å². The van der Waals surface area contributed by atoms with E-state index in [0.717, 1.165) is 0 Å². The zero-order valence-electron chi connectivity index (χ0n) is 7.13. The minimum atomic E-state index is -1.33. The first-order chi connectivity index (χ1) is 6.07. The molecule has 0 spiro atoms. The monoisotopic (exact) mass is 304 g/mol. The Bertz CT molecular complexity index is 167. The maximum atomic E-state index is 9.46. The molecule has 0 aromatic heterocycles. The lowest BCUT2D eigenvalue weighted by molar-refractivity contribution is -0.247. The number of hydrogen-bond donors (Lipinski definition) is 3. The van der Waals surface area contributed by atoms with Gasteiger partial charge < -0.3 is 24.8 Å². The Hall–Kier alpha value is 0.530. The highest BCUT2D eigenvalue weighted by Crippen LogP contribution is 2.25. The lowest BCUT2D eigenvalue weighted by Crippen LogP contribution is -2.56. The van der Waals surface area contributed by atoms with Gasteiger partial charge in [-0.3, -0.25) is 0 Å². The van der Waals surface area contributed by atoms with E-state index in [4.69, 9.17) is 9.47 Å². The Labute approximate surface area is 89.8 Å². The van der Waals surface area contributed by atoms with E-state index in [-0.39, 0.29) is 16.6 Å². The molecule has 5 nitrogen and oxygen atoms in total. The zero-order chi connectivity index (χ0) is 10.0. The van der Waals surface area contributed by atoms with Crippen molar-refractivity contribution in [1.29, 1.82) is 0 Å². The predicted octanol–water partition coefficient (Wildman–Crippen LogP) is -1.12. The van der Waals surface area contributed by atoms with Crippen molar-refractivity contribution in [2.45, 2.75) is 28.5 Å². The lowest BCUT2D eigenvalue weighted by atomic mass is 10.0. The molecule has 1 aliphatic rings. The van der Waals surface area contributed by atoms with Gasteiger partial charge in [0.1, 0.15) is 6.10 Å². The van der Waals surface area contributed by atoms with Gasteiger partial charge >= 0.3 is 0 Å². The van der Waals surface area contributed by atoms with Crippen LogP contribution in [-0.2, 0) is 9.47 Å². The van der Waals surface area contributed by atoms with Crippen LogP contribution in [-0.4, -0.2) is 57.6 Å². The van der Waals surface area contributed by atoms with E-state index in [9.17, 15) is 15.3 Å². The predicted molar refractivity (Wildman–Crippen MR) is 52.6 cm³/mol. The fourth-order valence-corrected chi connectivity index (χ4v) is 2.01. The van der Waals surface area contributed by atoms with Crippen molar-refractivity contribution < 1.29 is 24.8 Å². The molecule has 13 heavy (non-hydrogen) atoms. The fraction of sp³-hybridized carbons (Fsp3) is 1.00. The van der Waals surface area contributed by atoms with Crippen LogP contribution >= 0.6 is 22.6 Å². The summed E-state index contributed by atoms with van der Waals surface area (Å²) in [5.74, 6) is 0. The molecule has 5 atom stereocenters. The first-order valence-corrected chi connectivity index (χ1v) is 5.15. The topological polar surface area (TPSA) is 79.2 Å². The van der Waals surface area contributed by atoms with Gasteiger partial charge in [0.2, 0.25) is 0 Å². The first kappa shape index (κ1) is 11.6. The summed E-state index contributed by atoms with van der Waals surface area (Å²) < 4.78 is 9.60. The second-order valence-corrected chi connectivity index (χ2v) is 4.38. The average molecular weight is 304 g/mol. The second-order valence-electron chi connectivity index (χ2n) is 2.95. The number of methoxy groups -OCH3 is 1. The van der Waals surface area contributed by atoms with Crippen LogP contribution < -0.4 is 0 Å². The van der Waals surface area contributed by atoms with Gasteiger partial charge in [0, 0.05) is 7.11 Å². The number of alkyl halides is 1. The summed E-state index contributed by atoms with van der Waals surface area (Å²) >= 11 is 1.97. The maximum absolute atomic E-state index is 9.46. The Morgan fingerprint density at radius 3 is 2.46 bits per heavy atom. The molecular formula is C7H13IO5. The molecule has 1 saturated heterocycles. The van der Waals surface area contributed by atoms with Gasteiger partial charge in [0.15, 0.2) is 6.29 Å². The van der Waals surface area contributed by atoms with Crippen molar-refractivity contribution in [2.24, 2.45) is 0 Å². The van der Waals surface area contributed by atoms with Crippen molar-refractivity contribution in [2.75, 3.05) is 13.7 Å². The first-order valence-electron chi connectivity index (χ1n) is 3.90. The van der Waals surface area contributed by atoms with Crippen LogP contribution in [0.3, 0.4) is 0 Å². The smallest absolute Gasteiger partial charge is 0.183 e. The average Bonchev–Trinajstić information content (AvgIpc) is 2.11. The fourth-order valence-electron chi connectivity index (χ4n) is 1.21. The lowest BCUT2D eigenvalue weighted by Gasteiger charge is -2.37. The summed E-state index contributed by atoms with van der Waals surface area (Å²) in [6.45, 7) is 0.286. The van der Waals surface area contributed by atoms with Crippen LogP contribution in [0, 0.1) is 0 Å². The SMILES string of the molecule is COCC1OC(O)C(O)C(O)C1I. The van der Waals surface area contributed by atoms with Crippen LogP contribution in [0.5, 0.6) is 0 Å². The standard InChI is InChI=1S/C7H13IO5/c1-12-2-3-4(8)5(9)6(10)7(11)13-3/h3-7,9-11H,2H2,1H3. The molecule has 0 radical (unpaired) electrons. The molecule has 78 valence electrons. The number of aliphatic hydroxyl groups is 3. The third-order valence-corrected chi connectivity index (χ3v) is 3.51. The Kier molecular flexibility index (Phi) is 4.33. The summed E-state index contributed by atoms with van der Waals surface area (Å²) in [7, 11) is 1.51. The third-order valence-electron chi connectivity index (χ3n) is 1.97. The summed E-state index contributed by atoms with van der Waals surface area (Å²) in [6.07, 6.45) is -3.94. The number of ether oxygens (including phenoxy) is 2. The van der Waals surface area contributed by atoms with E-state index < -0.39 is 18.5 Å². The van der Waals surface area contributed by atoms with E-state index in [1.165, 1.54) is 7.11 Å². The normalized spacial score (nSPS) is 46.4. The van der Waals surface area contributed by atoms with Gasteiger partial charge in [-0.25, -0.2) is 0 Å². The Morgan fingerprint density at radius 1 is 1.31 bits per heavy atom. The van der Waals surface area contributed by atoms with E-state index in [2.05, 4.69) is 0 Å². The van der Waals surface area contributed by atoms with Crippen LogP contribution in [0.25, 0.3) is 0 Å². The van der Waals surface area contributed by atoms with Gasteiger partial charge in [0.05, 0.1) is 22.7 Å². The van der Waals surface area contributed by atoms with Crippen molar-refractivity contribution in [3.8, 4) is 0 Å². The molecule has 0 saturated carbocycles. The minimum absolute atomic E-state index is 0.282. The van der Waals surface area contributed by atoms with E-state index in [0.29, 0.717) is 0 Å². The van der Waals surface area contributed by atoms with Crippen molar-refractivity contribution in [3.63, 3.8) is 0 Å². The summed E-state index contributed by atoms with van der Waals surface area (Å²) in [5, 5.41) is 27.9. The molecule has 3 N–H and O–H groups in total. The molecule has 1 fully saturated rings. The highest BCUT2D eigenvalue weighted by Gasteiger charge is 2.42. The Morgan fingerprint density at radius 2 is 1.92 bits per heavy atom. The van der Waals surface area contributed by atoms with E-state index in [1.807, 2.05) is 22.6 Å². The highest BCUT2D eigenvalue weighted by atomic mass is 127. The molecule has 6 heteroatoms. The number of halogens is 1. The molecule has 0 aliphatic carbocycles. The molecule has 1 heterocycles. The van der Waals surface area contributed by atoms with Crippen molar-refractivity contribution in [1.82, 2.24) is 0 Å². The van der Waals surface area contributed by atoms with Crippen LogP contribution in [0.4, 0.5) is 0 Å². The number of hydrogen-bond acceptors (Lipinski definition) is 5. The molecule has 0 aromatic carbocycles. The van der Waals surface area contributed by atoms with Crippen LogP contribution in [0.1, 0.15) is 0 Å². The second kappa shape index (κ2) is 4.85. The molecule has 5 unspecified atom stereocenters. The Balaban J connectivity index is 2.59. The van der Waals surface area contributed by atoms with Gasteiger partial charge in [0.25, 0.3) is 0 Å². The largest absolute Gasteiger partial charge is 0.389 e. The highest BCUT2D eigenvalue weighted by molar-refractivity contribution is 14.1. The van der Waals surface area contributed by atoms with Gasteiger partial charge in [-0.1, -0.05) is 22.6 Å². The molecule has 0 bridgehead atoms. The minimum Gasteiger partial charge on any atom is -0.389 e. The summed E-state index contributed by atoms with van der Waals surface area (Å²) in [5.41, 5.74) is 0. The van der Waals surface area contributed by atoms with Gasteiger partial charge in [-0.15, -0.1) is 0 Å². The van der Waals surface area contributed by atoms with Crippen LogP contribution in [0.15, 0.2) is 0 Å². The quantitative estimate of drug-likeness (QED) is 0.445. The van der Waals surface area contributed by atoms with Gasteiger partial charge in [-0.2, -0.15) is 0 Å². The molecular weight excluding hydrogens is 291 g/mol. The summed E-state index contributed by atoms with van der Waals surface area (Å²) in [4.78, 5) is 0. The molecule has 0 aromatic rings. The van der Waals surface area contributed by atoms with Crippen LogP contribution in [0.2, 0.25) is 0 Å². The third kappa shape index (κ3) is 2.51. The van der Waals surface area contributed by atoms with Crippen molar-refractivity contribution >= 4 is 22.6 Å². The molecule has 1 rings (SSSR count). The summed E-state index contributed by atoms with van der Waals surface area (Å²) in [6, 6.07) is 0. The van der Waals surface area contributed by atoms with E-state index in [1.54, 1.807) is 0 Å². The molecule has 0 amide bonds. The number of aliphatic hydroxyl groups excluding tert-OH is 3. The zero-order valence-corrected chi connectivity index (χ0v) is 9.29. The number of rotatable bonds is 2.